The number of carbonyl (C=O) groups is 1. The molecule has 5 nitrogen and oxygen atoms in total. The summed E-state index contributed by atoms with van der Waals surface area (Å²) in [6, 6.07) is 31.6. The molecular weight excluding hydrogens is 566 g/mol. The summed E-state index contributed by atoms with van der Waals surface area (Å²) >= 11 is 0. The van der Waals surface area contributed by atoms with Gasteiger partial charge in [-0.2, -0.15) is 0 Å². The van der Waals surface area contributed by atoms with Gasteiger partial charge in [0.05, 0.1) is 6.04 Å². The van der Waals surface area contributed by atoms with Crippen molar-refractivity contribution in [1.82, 2.24) is 0 Å². The summed E-state index contributed by atoms with van der Waals surface area (Å²) in [6.45, 7) is 18.3. The minimum atomic E-state index is -0.305. The highest BCUT2D eigenvalue weighted by molar-refractivity contribution is 5.97. The van der Waals surface area contributed by atoms with E-state index in [0.29, 0.717) is 5.57 Å². The standard InChI is InChI=1S/C41H51N3O2/c1-7-43(8-2)32-23-19-30(20-24-32)40(31-21-25-33(26-22-31)44(9-3)10-4)36-27-28-37(35-16-12-11-15-34(35)36)42-38-17-13-14-18-39(38)46-41(45)29(5)6/h11-12,15-16,19-28,38-40,42H,5,7-10,13-14,17-18H2,1-4,6H3. The Hall–Kier alpha value is -4.25. The van der Waals surface area contributed by atoms with Crippen LogP contribution in [0.25, 0.3) is 10.8 Å². The van der Waals surface area contributed by atoms with Crippen LogP contribution >= 0.6 is 0 Å². The summed E-state index contributed by atoms with van der Waals surface area (Å²) in [6.07, 6.45) is 3.84. The van der Waals surface area contributed by atoms with E-state index in [1.54, 1.807) is 6.92 Å². The van der Waals surface area contributed by atoms with Crippen molar-refractivity contribution in [3.8, 4) is 0 Å². The van der Waals surface area contributed by atoms with Gasteiger partial charge >= 0.3 is 5.97 Å². The number of nitrogens with zero attached hydrogens (tertiary/aromatic N) is 2. The number of esters is 1. The van der Waals surface area contributed by atoms with Crippen molar-refractivity contribution in [3.05, 3.63) is 114 Å². The molecule has 2 unspecified atom stereocenters. The van der Waals surface area contributed by atoms with Crippen molar-refractivity contribution in [2.75, 3.05) is 41.3 Å². The molecule has 1 fully saturated rings. The molecule has 0 heterocycles. The summed E-state index contributed by atoms with van der Waals surface area (Å²) in [5.41, 5.74) is 7.86. The van der Waals surface area contributed by atoms with Gasteiger partial charge in [-0.3, -0.25) is 0 Å². The molecular formula is C41H51N3O2. The predicted molar refractivity (Wildman–Crippen MR) is 195 cm³/mol. The van der Waals surface area contributed by atoms with Gasteiger partial charge in [0.15, 0.2) is 0 Å². The Morgan fingerprint density at radius 1 is 0.761 bits per heavy atom. The first-order chi connectivity index (χ1) is 22.4. The van der Waals surface area contributed by atoms with E-state index < -0.39 is 0 Å². The number of hydrogen-bond donors (Lipinski definition) is 1. The van der Waals surface area contributed by atoms with Gasteiger partial charge in [-0.05, 0) is 106 Å². The second kappa shape index (κ2) is 15.4. The zero-order valence-electron chi connectivity index (χ0n) is 28.4. The van der Waals surface area contributed by atoms with E-state index >= 15 is 0 Å². The minimum absolute atomic E-state index is 0.0577. The molecule has 0 aliphatic heterocycles. The fraction of sp³-hybridized carbons (Fsp3) is 0.390. The minimum Gasteiger partial charge on any atom is -0.457 e. The summed E-state index contributed by atoms with van der Waals surface area (Å²) in [5.74, 6) is -0.241. The molecule has 4 aromatic carbocycles. The van der Waals surface area contributed by atoms with Crippen LogP contribution in [-0.4, -0.2) is 44.3 Å². The molecule has 1 aliphatic rings. The van der Waals surface area contributed by atoms with Crippen LogP contribution in [-0.2, 0) is 9.53 Å². The number of hydrogen-bond acceptors (Lipinski definition) is 5. The molecule has 242 valence electrons. The van der Waals surface area contributed by atoms with Gasteiger partial charge in [-0.25, -0.2) is 4.79 Å². The number of benzene rings is 4. The van der Waals surface area contributed by atoms with Crippen molar-refractivity contribution in [2.45, 2.75) is 78.4 Å². The maximum absolute atomic E-state index is 12.4. The first kappa shape index (κ1) is 33.1. The smallest absolute Gasteiger partial charge is 0.333 e. The Morgan fingerprint density at radius 2 is 1.28 bits per heavy atom. The second-order valence-electron chi connectivity index (χ2n) is 12.5. The molecule has 1 saturated carbocycles. The van der Waals surface area contributed by atoms with E-state index in [1.807, 2.05) is 0 Å². The lowest BCUT2D eigenvalue weighted by Crippen LogP contribution is -2.40. The summed E-state index contributed by atoms with van der Waals surface area (Å²) in [5, 5.41) is 6.22. The van der Waals surface area contributed by atoms with Crippen molar-refractivity contribution in [1.29, 1.82) is 0 Å². The van der Waals surface area contributed by atoms with Crippen LogP contribution in [0, 0.1) is 0 Å². The number of ether oxygens (including phenoxy) is 1. The Labute approximate surface area is 276 Å². The van der Waals surface area contributed by atoms with Gasteiger partial charge in [-0.1, -0.05) is 67.6 Å². The zero-order chi connectivity index (χ0) is 32.6. The highest BCUT2D eigenvalue weighted by atomic mass is 16.5. The lowest BCUT2D eigenvalue weighted by Gasteiger charge is -2.33. The summed E-state index contributed by atoms with van der Waals surface area (Å²) in [7, 11) is 0. The van der Waals surface area contributed by atoms with E-state index in [4.69, 9.17) is 4.74 Å². The third-order valence-corrected chi connectivity index (χ3v) is 9.63. The Kier molecular flexibility index (Phi) is 11.1. The van der Waals surface area contributed by atoms with Gasteiger partial charge in [0.1, 0.15) is 6.10 Å². The summed E-state index contributed by atoms with van der Waals surface area (Å²) < 4.78 is 5.90. The first-order valence-corrected chi connectivity index (χ1v) is 17.2. The Balaban J connectivity index is 1.57. The molecule has 2 atom stereocenters. The molecule has 4 aromatic rings. The highest BCUT2D eigenvalue weighted by Gasteiger charge is 2.29. The molecule has 0 bridgehead atoms. The number of nitrogens with one attached hydrogen (secondary N) is 1. The van der Waals surface area contributed by atoms with Gasteiger partial charge < -0.3 is 19.9 Å². The zero-order valence-corrected chi connectivity index (χ0v) is 28.4. The van der Waals surface area contributed by atoms with Gasteiger partial charge in [0, 0.05) is 60.1 Å². The van der Waals surface area contributed by atoms with E-state index in [-0.39, 0.29) is 24.0 Å². The molecule has 0 amide bonds. The van der Waals surface area contributed by atoms with Crippen LogP contribution in [0.3, 0.4) is 0 Å². The largest absolute Gasteiger partial charge is 0.457 e. The molecule has 1 N–H and O–H groups in total. The van der Waals surface area contributed by atoms with Crippen molar-refractivity contribution < 1.29 is 9.53 Å². The third-order valence-electron chi connectivity index (χ3n) is 9.63. The van der Waals surface area contributed by atoms with Crippen LogP contribution < -0.4 is 15.1 Å². The van der Waals surface area contributed by atoms with Crippen LogP contribution in [0.1, 0.15) is 82.9 Å². The quantitative estimate of drug-likeness (QED) is 0.0920. The third kappa shape index (κ3) is 7.25. The number of carbonyl (C=O) groups excluding carboxylic acids is 1. The molecule has 0 radical (unpaired) electrons. The molecule has 0 aromatic heterocycles. The van der Waals surface area contributed by atoms with E-state index in [2.05, 4.69) is 134 Å². The Morgan fingerprint density at radius 3 is 1.80 bits per heavy atom. The van der Waals surface area contributed by atoms with Gasteiger partial charge in [0.25, 0.3) is 0 Å². The van der Waals surface area contributed by atoms with Gasteiger partial charge in [0.2, 0.25) is 0 Å². The average molecular weight is 618 g/mol. The van der Waals surface area contributed by atoms with Crippen LogP contribution in [0.4, 0.5) is 17.1 Å². The van der Waals surface area contributed by atoms with Crippen molar-refractivity contribution in [3.63, 3.8) is 0 Å². The molecule has 0 saturated heterocycles. The second-order valence-corrected chi connectivity index (χ2v) is 12.5. The molecule has 5 heteroatoms. The molecule has 5 rings (SSSR count). The Bertz CT molecular complexity index is 1550. The van der Waals surface area contributed by atoms with Crippen molar-refractivity contribution in [2.24, 2.45) is 0 Å². The molecule has 0 spiro atoms. The predicted octanol–water partition coefficient (Wildman–Crippen LogP) is 9.55. The normalized spacial score (nSPS) is 16.3. The van der Waals surface area contributed by atoms with Gasteiger partial charge in [-0.15, -0.1) is 0 Å². The number of fused-ring (bicyclic) bond motifs is 1. The maximum atomic E-state index is 12.4. The lowest BCUT2D eigenvalue weighted by atomic mass is 9.82. The average Bonchev–Trinajstić information content (AvgIpc) is 3.09. The summed E-state index contributed by atoms with van der Waals surface area (Å²) in [4.78, 5) is 17.2. The highest BCUT2D eigenvalue weighted by Crippen LogP contribution is 2.40. The SMILES string of the molecule is C=C(C)C(=O)OC1CCCCC1Nc1ccc(C(c2ccc(N(CC)CC)cc2)c2ccc(N(CC)CC)cc2)c2ccccc12. The molecule has 1 aliphatic carbocycles. The van der Waals surface area contributed by atoms with Crippen molar-refractivity contribution >= 4 is 33.8 Å². The fourth-order valence-corrected chi connectivity index (χ4v) is 7.03. The maximum Gasteiger partial charge on any atom is 0.333 e. The lowest BCUT2D eigenvalue weighted by molar-refractivity contribution is -0.146. The first-order valence-electron chi connectivity index (χ1n) is 17.2. The molecule has 46 heavy (non-hydrogen) atoms. The van der Waals surface area contributed by atoms with Crippen LogP contribution in [0.15, 0.2) is 97.1 Å². The van der Waals surface area contributed by atoms with E-state index in [1.165, 1.54) is 38.8 Å². The van der Waals surface area contributed by atoms with Crippen LogP contribution in [0.2, 0.25) is 0 Å². The number of anilines is 3. The van der Waals surface area contributed by atoms with Crippen LogP contribution in [0.5, 0.6) is 0 Å². The fourth-order valence-electron chi connectivity index (χ4n) is 7.03. The van der Waals surface area contributed by atoms with E-state index in [9.17, 15) is 4.79 Å². The monoisotopic (exact) mass is 617 g/mol. The van der Waals surface area contributed by atoms with E-state index in [0.717, 1.165) is 57.5 Å². The number of rotatable bonds is 13. The topological polar surface area (TPSA) is 44.8 Å².